The highest BCUT2D eigenvalue weighted by molar-refractivity contribution is 5.36. The van der Waals surface area contributed by atoms with Crippen LogP contribution >= 0.6 is 0 Å². The Kier molecular flexibility index (Phi) is 4.13. The smallest absolute Gasteiger partial charge is 0.194 e. The van der Waals surface area contributed by atoms with E-state index in [1.165, 1.54) is 10.9 Å². The number of benzene rings is 1. The van der Waals surface area contributed by atoms with Crippen LogP contribution in [0.25, 0.3) is 5.69 Å². The molecule has 0 fully saturated rings. The Bertz CT molecular complexity index is 584. The van der Waals surface area contributed by atoms with Crippen molar-refractivity contribution in [1.29, 1.82) is 0 Å². The Balaban J connectivity index is 2.52. The Hall–Kier alpha value is -1.82. The number of halogens is 3. The fourth-order valence-corrected chi connectivity index (χ4v) is 2.21. The second-order valence-corrected chi connectivity index (χ2v) is 5.00. The van der Waals surface area contributed by atoms with E-state index in [4.69, 9.17) is 5.73 Å². The van der Waals surface area contributed by atoms with Crippen molar-refractivity contribution in [2.24, 2.45) is 11.7 Å². The van der Waals surface area contributed by atoms with Crippen molar-refractivity contribution in [3.8, 4) is 5.69 Å². The lowest BCUT2D eigenvalue weighted by molar-refractivity contribution is 0.445. The molecule has 1 heterocycles. The van der Waals surface area contributed by atoms with Gasteiger partial charge in [-0.2, -0.15) is 0 Å². The maximum atomic E-state index is 13.3. The van der Waals surface area contributed by atoms with Gasteiger partial charge in [-0.1, -0.05) is 13.8 Å². The standard InChI is InChI=1S/C14H16F3N3/c1-8(2)10(5-18)13-6-19-7-20(13)9-3-11(15)14(17)12(16)4-9/h3-4,6-8,10H,5,18H2,1-2H3. The molecule has 6 heteroatoms. The van der Waals surface area contributed by atoms with Crippen LogP contribution in [0.5, 0.6) is 0 Å². The number of rotatable bonds is 4. The van der Waals surface area contributed by atoms with Gasteiger partial charge in [-0.25, -0.2) is 18.2 Å². The van der Waals surface area contributed by atoms with E-state index in [9.17, 15) is 13.2 Å². The number of aromatic nitrogens is 2. The van der Waals surface area contributed by atoms with Gasteiger partial charge in [-0.05, 0) is 5.92 Å². The largest absolute Gasteiger partial charge is 0.330 e. The van der Waals surface area contributed by atoms with Crippen LogP contribution in [-0.4, -0.2) is 16.1 Å². The number of nitrogens with two attached hydrogens (primary N) is 1. The Morgan fingerprint density at radius 3 is 2.30 bits per heavy atom. The third kappa shape index (κ3) is 2.56. The molecule has 20 heavy (non-hydrogen) atoms. The van der Waals surface area contributed by atoms with E-state index in [-0.39, 0.29) is 17.5 Å². The van der Waals surface area contributed by atoms with Crippen molar-refractivity contribution in [2.45, 2.75) is 19.8 Å². The van der Waals surface area contributed by atoms with Crippen LogP contribution in [0, 0.1) is 23.4 Å². The molecule has 0 saturated heterocycles. The molecule has 0 aliphatic rings. The fourth-order valence-electron chi connectivity index (χ4n) is 2.21. The average molecular weight is 283 g/mol. The highest BCUT2D eigenvalue weighted by Gasteiger charge is 2.20. The minimum absolute atomic E-state index is 0.00586. The zero-order valence-electron chi connectivity index (χ0n) is 11.3. The van der Waals surface area contributed by atoms with Gasteiger partial charge in [0.1, 0.15) is 0 Å². The summed E-state index contributed by atoms with van der Waals surface area (Å²) in [4.78, 5) is 4.00. The summed E-state index contributed by atoms with van der Waals surface area (Å²) in [5, 5.41) is 0. The maximum absolute atomic E-state index is 13.3. The highest BCUT2D eigenvalue weighted by atomic mass is 19.2. The number of hydrogen-bond donors (Lipinski definition) is 1. The monoisotopic (exact) mass is 283 g/mol. The molecule has 108 valence electrons. The van der Waals surface area contributed by atoms with E-state index in [1.807, 2.05) is 13.8 Å². The average Bonchev–Trinajstić information content (AvgIpc) is 2.85. The van der Waals surface area contributed by atoms with Crippen molar-refractivity contribution >= 4 is 0 Å². The summed E-state index contributed by atoms with van der Waals surface area (Å²) < 4.78 is 41.2. The molecule has 1 aromatic heterocycles. The summed E-state index contributed by atoms with van der Waals surface area (Å²) in [5.74, 6) is -3.70. The zero-order valence-corrected chi connectivity index (χ0v) is 11.3. The molecule has 0 bridgehead atoms. The van der Waals surface area contributed by atoms with Crippen molar-refractivity contribution in [3.63, 3.8) is 0 Å². The van der Waals surface area contributed by atoms with Gasteiger partial charge in [0.15, 0.2) is 17.5 Å². The quantitative estimate of drug-likeness (QED) is 0.877. The summed E-state index contributed by atoms with van der Waals surface area (Å²) >= 11 is 0. The van der Waals surface area contributed by atoms with Gasteiger partial charge in [-0.3, -0.25) is 0 Å². The van der Waals surface area contributed by atoms with Crippen LogP contribution in [0.4, 0.5) is 13.2 Å². The zero-order chi connectivity index (χ0) is 14.9. The Morgan fingerprint density at radius 1 is 1.20 bits per heavy atom. The second-order valence-electron chi connectivity index (χ2n) is 5.00. The molecule has 1 aromatic carbocycles. The summed E-state index contributed by atoms with van der Waals surface area (Å²) in [6.07, 6.45) is 3.04. The van der Waals surface area contributed by atoms with Gasteiger partial charge >= 0.3 is 0 Å². The summed E-state index contributed by atoms with van der Waals surface area (Å²) in [6, 6.07) is 1.88. The van der Waals surface area contributed by atoms with Crippen LogP contribution in [0.1, 0.15) is 25.5 Å². The van der Waals surface area contributed by atoms with Crippen molar-refractivity contribution in [3.05, 3.63) is 47.8 Å². The third-order valence-corrected chi connectivity index (χ3v) is 3.35. The molecule has 1 unspecified atom stereocenters. The lowest BCUT2D eigenvalue weighted by atomic mass is 9.93. The van der Waals surface area contributed by atoms with E-state index in [1.54, 1.807) is 6.20 Å². The van der Waals surface area contributed by atoms with Crippen LogP contribution < -0.4 is 5.73 Å². The molecule has 0 aliphatic heterocycles. The molecule has 0 aliphatic carbocycles. The Labute approximate surface area is 115 Å². The topological polar surface area (TPSA) is 43.8 Å². The molecule has 3 nitrogen and oxygen atoms in total. The lowest BCUT2D eigenvalue weighted by Crippen LogP contribution is -2.20. The summed E-state index contributed by atoms with van der Waals surface area (Å²) in [7, 11) is 0. The van der Waals surface area contributed by atoms with Gasteiger partial charge in [0.25, 0.3) is 0 Å². The number of hydrogen-bond acceptors (Lipinski definition) is 2. The molecule has 0 spiro atoms. The number of imidazole rings is 1. The molecular formula is C14H16F3N3. The molecule has 1 atom stereocenters. The van der Waals surface area contributed by atoms with E-state index >= 15 is 0 Å². The van der Waals surface area contributed by atoms with Gasteiger partial charge in [-0.15, -0.1) is 0 Å². The highest BCUT2D eigenvalue weighted by Crippen LogP contribution is 2.26. The van der Waals surface area contributed by atoms with Gasteiger partial charge in [0, 0.05) is 36.5 Å². The van der Waals surface area contributed by atoms with E-state index in [0.29, 0.717) is 6.54 Å². The van der Waals surface area contributed by atoms with Gasteiger partial charge < -0.3 is 10.3 Å². The predicted molar refractivity (Wildman–Crippen MR) is 70.1 cm³/mol. The lowest BCUT2D eigenvalue weighted by Gasteiger charge is -2.20. The second kappa shape index (κ2) is 5.66. The first kappa shape index (κ1) is 14.6. The van der Waals surface area contributed by atoms with E-state index < -0.39 is 17.5 Å². The molecule has 0 amide bonds. The summed E-state index contributed by atoms with van der Waals surface area (Å²) in [6.45, 7) is 4.39. The molecule has 2 N–H and O–H groups in total. The first-order valence-electron chi connectivity index (χ1n) is 6.33. The van der Waals surface area contributed by atoms with Crippen LogP contribution in [-0.2, 0) is 0 Å². The molecule has 0 saturated carbocycles. The SMILES string of the molecule is CC(C)C(CN)c1cncn1-c1cc(F)c(F)c(F)c1. The van der Waals surface area contributed by atoms with Crippen LogP contribution in [0.2, 0.25) is 0 Å². The molecular weight excluding hydrogens is 267 g/mol. The normalized spacial score (nSPS) is 12.9. The van der Waals surface area contributed by atoms with Crippen molar-refractivity contribution < 1.29 is 13.2 Å². The molecule has 2 aromatic rings. The van der Waals surface area contributed by atoms with Crippen molar-refractivity contribution in [2.75, 3.05) is 6.54 Å². The molecule has 0 radical (unpaired) electrons. The number of nitrogens with zero attached hydrogens (tertiary/aromatic N) is 2. The fraction of sp³-hybridized carbons (Fsp3) is 0.357. The molecule has 2 rings (SSSR count). The van der Waals surface area contributed by atoms with Gasteiger partial charge in [0.05, 0.1) is 12.0 Å². The minimum atomic E-state index is -1.48. The Morgan fingerprint density at radius 2 is 1.80 bits per heavy atom. The van der Waals surface area contributed by atoms with Crippen LogP contribution in [0.15, 0.2) is 24.7 Å². The summed E-state index contributed by atoms with van der Waals surface area (Å²) in [5.41, 5.74) is 6.68. The first-order valence-corrected chi connectivity index (χ1v) is 6.33. The maximum Gasteiger partial charge on any atom is 0.194 e. The van der Waals surface area contributed by atoms with Gasteiger partial charge in [0.2, 0.25) is 0 Å². The van der Waals surface area contributed by atoms with Crippen molar-refractivity contribution in [1.82, 2.24) is 9.55 Å². The van der Waals surface area contributed by atoms with Crippen LogP contribution in [0.3, 0.4) is 0 Å². The van der Waals surface area contributed by atoms with E-state index in [0.717, 1.165) is 17.8 Å². The predicted octanol–water partition coefficient (Wildman–Crippen LogP) is 2.99. The first-order chi connectivity index (χ1) is 9.45. The van der Waals surface area contributed by atoms with E-state index in [2.05, 4.69) is 4.98 Å². The minimum Gasteiger partial charge on any atom is -0.330 e. The third-order valence-electron chi connectivity index (χ3n) is 3.35.